The summed E-state index contributed by atoms with van der Waals surface area (Å²) in [4.78, 5) is 64.6. The van der Waals surface area contributed by atoms with E-state index in [4.69, 9.17) is 23.2 Å². The third-order valence-corrected chi connectivity index (χ3v) is 11.2. The van der Waals surface area contributed by atoms with Crippen molar-refractivity contribution in [3.8, 4) is 11.5 Å². The van der Waals surface area contributed by atoms with Crippen molar-refractivity contribution in [1.29, 1.82) is 0 Å². The molecule has 0 bridgehead atoms. The highest BCUT2D eigenvalue weighted by molar-refractivity contribution is 9.09. The number of phenolic OH excluding ortho intramolecular Hbond substituents is 1. The average molecular weight is 704 g/mol. The minimum atomic E-state index is -2.07. The maximum absolute atomic E-state index is 14.1. The number of phenols is 2. The van der Waals surface area contributed by atoms with Crippen molar-refractivity contribution in [3.63, 3.8) is 0 Å². The van der Waals surface area contributed by atoms with E-state index in [-0.39, 0.29) is 35.3 Å². The second-order valence-corrected chi connectivity index (χ2v) is 13.1. The maximum Gasteiger partial charge on any atom is 0.339 e. The number of benzene rings is 2. The zero-order valence-electron chi connectivity index (χ0n) is 22.9. The number of carboxylic acids is 1. The highest BCUT2D eigenvalue weighted by atomic mass is 79.9. The summed E-state index contributed by atoms with van der Waals surface area (Å²) >= 11 is 17.6. The Kier molecular flexibility index (Phi) is 7.22. The number of rotatable bonds is 6. The zero-order chi connectivity index (χ0) is 31.9. The molecule has 2 saturated heterocycles. The fraction of sp³-hybridized carbons (Fsp3) is 0.323. The Labute approximate surface area is 269 Å². The van der Waals surface area contributed by atoms with Gasteiger partial charge in [0.1, 0.15) is 17.1 Å². The molecule has 0 aromatic heterocycles. The third kappa shape index (κ3) is 3.88. The molecule has 1 saturated carbocycles. The van der Waals surface area contributed by atoms with Crippen molar-refractivity contribution in [3.05, 3.63) is 77.4 Å². The second kappa shape index (κ2) is 10.5. The predicted molar refractivity (Wildman–Crippen MR) is 163 cm³/mol. The number of amides is 4. The Morgan fingerprint density at radius 2 is 1.80 bits per heavy atom. The van der Waals surface area contributed by atoms with E-state index in [9.17, 15) is 39.3 Å². The molecular formula is C31H25BrCl2N2O8. The molecule has 6 unspecified atom stereocenters. The summed E-state index contributed by atoms with van der Waals surface area (Å²) in [6, 6.07) is 8.37. The third-order valence-electron chi connectivity index (χ3n) is 9.31. The Morgan fingerprint density at radius 3 is 2.43 bits per heavy atom. The summed E-state index contributed by atoms with van der Waals surface area (Å²) < 4.78 is 0. The SMILES string of the molecule is C=CCc1cccc(C2C3=CCC4C(=O)N(c5ccc(C(=O)O)c(O)c5)C(=O)C4C3CC3(Cl)C(=O)N(CBr)C(=O)C23Cl)c1O. The van der Waals surface area contributed by atoms with Gasteiger partial charge in [-0.1, -0.05) is 51.9 Å². The van der Waals surface area contributed by atoms with Crippen LogP contribution in [-0.4, -0.2) is 65.0 Å². The average Bonchev–Trinajstić information content (AvgIpc) is 3.32. The van der Waals surface area contributed by atoms with Gasteiger partial charge in [-0.15, -0.1) is 29.8 Å². The lowest BCUT2D eigenvalue weighted by atomic mass is 9.56. The number of hydrogen-bond acceptors (Lipinski definition) is 7. The molecule has 10 nitrogen and oxygen atoms in total. The van der Waals surface area contributed by atoms with Crippen LogP contribution in [0.5, 0.6) is 11.5 Å². The van der Waals surface area contributed by atoms with E-state index in [1.165, 1.54) is 6.07 Å². The summed E-state index contributed by atoms with van der Waals surface area (Å²) in [5, 5.41) is 31.0. The van der Waals surface area contributed by atoms with Gasteiger partial charge >= 0.3 is 5.97 Å². The van der Waals surface area contributed by atoms with Crippen LogP contribution in [0.1, 0.15) is 40.2 Å². The van der Waals surface area contributed by atoms with Crippen LogP contribution in [0, 0.1) is 17.8 Å². The molecule has 3 fully saturated rings. The van der Waals surface area contributed by atoms with E-state index in [0.29, 0.717) is 17.6 Å². The second-order valence-electron chi connectivity index (χ2n) is 11.4. The molecule has 228 valence electrons. The number of carbonyl (C=O) groups is 5. The van der Waals surface area contributed by atoms with E-state index >= 15 is 0 Å². The number of fused-ring (bicyclic) bond motifs is 4. The van der Waals surface area contributed by atoms with Gasteiger partial charge in [-0.3, -0.25) is 24.1 Å². The van der Waals surface area contributed by atoms with Crippen LogP contribution >= 0.6 is 39.1 Å². The fourth-order valence-corrected chi connectivity index (χ4v) is 8.77. The first-order valence-electron chi connectivity index (χ1n) is 13.7. The highest BCUT2D eigenvalue weighted by Gasteiger charge is 2.76. The molecule has 2 aliphatic heterocycles. The first kappa shape index (κ1) is 30.4. The number of aromatic hydroxyl groups is 2. The molecule has 3 N–H and O–H groups in total. The van der Waals surface area contributed by atoms with Crippen molar-refractivity contribution in [2.24, 2.45) is 17.8 Å². The molecular weight excluding hydrogens is 679 g/mol. The maximum atomic E-state index is 14.1. The first-order valence-corrected chi connectivity index (χ1v) is 15.6. The van der Waals surface area contributed by atoms with E-state index in [2.05, 4.69) is 22.5 Å². The van der Waals surface area contributed by atoms with Gasteiger partial charge in [-0.25, -0.2) is 9.69 Å². The minimum absolute atomic E-state index is 0.00885. The molecule has 4 amide bonds. The lowest BCUT2D eigenvalue weighted by Crippen LogP contribution is -2.60. The number of halogens is 3. The molecule has 4 aliphatic rings. The molecule has 2 aromatic rings. The Morgan fingerprint density at radius 1 is 1.07 bits per heavy atom. The molecule has 13 heteroatoms. The molecule has 44 heavy (non-hydrogen) atoms. The lowest BCUT2D eigenvalue weighted by Gasteiger charge is -2.50. The van der Waals surface area contributed by atoms with Crippen LogP contribution in [0.2, 0.25) is 0 Å². The smallest absolute Gasteiger partial charge is 0.339 e. The molecule has 2 heterocycles. The van der Waals surface area contributed by atoms with Crippen molar-refractivity contribution >= 4 is 74.4 Å². The van der Waals surface area contributed by atoms with Gasteiger partial charge in [0.05, 0.1) is 23.0 Å². The zero-order valence-corrected chi connectivity index (χ0v) is 26.0. The number of anilines is 1. The molecule has 2 aromatic carbocycles. The van der Waals surface area contributed by atoms with Gasteiger partial charge in [0.2, 0.25) is 11.8 Å². The Bertz CT molecular complexity index is 1730. The number of hydrogen-bond donors (Lipinski definition) is 3. The van der Waals surface area contributed by atoms with Crippen molar-refractivity contribution in [1.82, 2.24) is 4.90 Å². The quantitative estimate of drug-likeness (QED) is 0.173. The summed E-state index contributed by atoms with van der Waals surface area (Å²) in [7, 11) is 0. The summed E-state index contributed by atoms with van der Waals surface area (Å²) in [5.41, 5.74) is 0.676. The summed E-state index contributed by atoms with van der Waals surface area (Å²) in [6.45, 7) is 3.73. The first-order chi connectivity index (χ1) is 20.8. The van der Waals surface area contributed by atoms with Crippen LogP contribution in [0.3, 0.4) is 0 Å². The van der Waals surface area contributed by atoms with Gasteiger partial charge in [0.15, 0.2) is 9.75 Å². The predicted octanol–water partition coefficient (Wildman–Crippen LogP) is 4.44. The van der Waals surface area contributed by atoms with E-state index in [1.54, 1.807) is 30.4 Å². The fourth-order valence-electron chi connectivity index (χ4n) is 7.36. The highest BCUT2D eigenvalue weighted by Crippen LogP contribution is 2.66. The summed E-state index contributed by atoms with van der Waals surface area (Å²) in [6.07, 6.45) is 3.50. The number of allylic oxidation sites excluding steroid dienone is 3. The number of aromatic carboxylic acids is 1. The van der Waals surface area contributed by atoms with Gasteiger partial charge in [0.25, 0.3) is 11.8 Å². The van der Waals surface area contributed by atoms with Gasteiger partial charge < -0.3 is 15.3 Å². The van der Waals surface area contributed by atoms with E-state index in [1.807, 2.05) is 0 Å². The van der Waals surface area contributed by atoms with Gasteiger partial charge in [0, 0.05) is 17.5 Å². The van der Waals surface area contributed by atoms with Crippen LogP contribution in [0.4, 0.5) is 5.69 Å². The van der Waals surface area contributed by atoms with Crippen molar-refractivity contribution in [2.75, 3.05) is 10.4 Å². The van der Waals surface area contributed by atoms with Crippen molar-refractivity contribution < 1.29 is 39.3 Å². The molecule has 0 spiro atoms. The largest absolute Gasteiger partial charge is 0.507 e. The lowest BCUT2D eigenvalue weighted by molar-refractivity contribution is -0.138. The van der Waals surface area contributed by atoms with Crippen molar-refractivity contribution in [2.45, 2.75) is 34.9 Å². The molecule has 6 atom stereocenters. The van der Waals surface area contributed by atoms with Crippen LogP contribution in [0.25, 0.3) is 0 Å². The number of nitrogens with zero attached hydrogens (tertiary/aromatic N) is 2. The Balaban J connectivity index is 1.51. The van der Waals surface area contributed by atoms with Crippen LogP contribution < -0.4 is 4.90 Å². The molecule has 2 aliphatic carbocycles. The number of para-hydroxylation sites is 1. The topological polar surface area (TPSA) is 153 Å². The minimum Gasteiger partial charge on any atom is -0.507 e. The standard InChI is InChI=1S/C31H25BrCl2N2O8/c1-2-4-14-5-3-6-19(24(14)38)23-16-9-10-18-22(20(16)12-30(33)28(43)35(13-32)29(44)31(23,30)34)26(40)36(25(18)39)15-7-8-17(27(41)42)21(37)11-15/h2-3,5-9,11,18,20,22-23,37-38H,1,4,10,12-13H2,(H,41,42). The number of alkyl halides is 3. The Hall–Kier alpha value is -3.67. The number of likely N-dealkylation sites (tertiary alicyclic amines) is 1. The normalized spacial score (nSPS) is 31.0. The van der Waals surface area contributed by atoms with Crippen LogP contribution in [-0.2, 0) is 25.6 Å². The number of imide groups is 2. The van der Waals surface area contributed by atoms with E-state index < -0.39 is 74.3 Å². The van der Waals surface area contributed by atoms with Crippen LogP contribution in [0.15, 0.2) is 60.7 Å². The number of carboxylic acid groups (broad SMARTS) is 1. The summed E-state index contributed by atoms with van der Waals surface area (Å²) in [5.74, 6) is -8.68. The van der Waals surface area contributed by atoms with Gasteiger partial charge in [-0.2, -0.15) is 0 Å². The van der Waals surface area contributed by atoms with E-state index in [0.717, 1.165) is 21.9 Å². The number of carbonyl (C=O) groups excluding carboxylic acids is 4. The van der Waals surface area contributed by atoms with Gasteiger partial charge in [-0.05, 0) is 42.9 Å². The molecule has 0 radical (unpaired) electrons. The molecule has 6 rings (SSSR count). The monoisotopic (exact) mass is 702 g/mol.